The summed E-state index contributed by atoms with van der Waals surface area (Å²) in [5.74, 6) is 5.59. The molecule has 8 nitrogen and oxygen atoms in total. The Morgan fingerprint density at radius 3 is 2.92 bits per heavy atom. The molecular formula is C17H20N4O4. The highest BCUT2D eigenvalue weighted by Gasteiger charge is 2.66. The molecule has 4 atom stereocenters. The highest BCUT2D eigenvalue weighted by atomic mass is 16.8. The van der Waals surface area contributed by atoms with Crippen LogP contribution in [0.2, 0.25) is 0 Å². The third kappa shape index (κ3) is 2.24. The van der Waals surface area contributed by atoms with Gasteiger partial charge in [0, 0.05) is 6.20 Å². The summed E-state index contributed by atoms with van der Waals surface area (Å²) < 4.78 is 20.1. The van der Waals surface area contributed by atoms with Crippen LogP contribution < -0.4 is 5.73 Å². The lowest BCUT2D eigenvalue weighted by molar-refractivity contribution is -0.210. The van der Waals surface area contributed by atoms with Gasteiger partial charge in [0.1, 0.15) is 30.0 Å². The third-order valence-electron chi connectivity index (χ3n) is 4.55. The van der Waals surface area contributed by atoms with Gasteiger partial charge in [0.2, 0.25) is 5.60 Å². The van der Waals surface area contributed by atoms with Gasteiger partial charge in [-0.25, -0.2) is 9.97 Å². The van der Waals surface area contributed by atoms with Crippen molar-refractivity contribution in [2.75, 3.05) is 12.3 Å². The first-order valence-electron chi connectivity index (χ1n) is 8.07. The van der Waals surface area contributed by atoms with Gasteiger partial charge in [-0.05, 0) is 26.8 Å². The number of nitrogen functional groups attached to an aromatic ring is 1. The van der Waals surface area contributed by atoms with E-state index in [9.17, 15) is 5.11 Å². The van der Waals surface area contributed by atoms with Crippen molar-refractivity contribution in [3.05, 3.63) is 18.6 Å². The Hall–Kier alpha value is -2.18. The zero-order valence-corrected chi connectivity index (χ0v) is 14.3. The van der Waals surface area contributed by atoms with Gasteiger partial charge in [-0.15, -0.1) is 5.92 Å². The second-order valence-corrected chi connectivity index (χ2v) is 6.64. The molecule has 132 valence electrons. The van der Waals surface area contributed by atoms with Crippen LogP contribution in [0.1, 0.15) is 27.0 Å². The molecule has 0 aromatic carbocycles. The van der Waals surface area contributed by atoms with Crippen LogP contribution in [0.3, 0.4) is 0 Å². The van der Waals surface area contributed by atoms with Crippen molar-refractivity contribution in [1.82, 2.24) is 14.5 Å². The monoisotopic (exact) mass is 344 g/mol. The Kier molecular flexibility index (Phi) is 3.53. The molecule has 2 aliphatic heterocycles. The summed E-state index contributed by atoms with van der Waals surface area (Å²) >= 11 is 0. The maximum absolute atomic E-state index is 9.78. The van der Waals surface area contributed by atoms with Crippen molar-refractivity contribution < 1.29 is 19.3 Å². The van der Waals surface area contributed by atoms with E-state index in [1.54, 1.807) is 6.92 Å². The van der Waals surface area contributed by atoms with Crippen molar-refractivity contribution in [2.45, 2.75) is 50.6 Å². The Morgan fingerprint density at radius 2 is 2.20 bits per heavy atom. The van der Waals surface area contributed by atoms with Gasteiger partial charge in [-0.2, -0.15) is 0 Å². The normalized spacial score (nSPS) is 33.2. The van der Waals surface area contributed by atoms with Gasteiger partial charge in [-0.1, -0.05) is 5.92 Å². The van der Waals surface area contributed by atoms with Gasteiger partial charge in [0.05, 0.1) is 12.0 Å². The molecule has 4 rings (SSSR count). The van der Waals surface area contributed by atoms with Gasteiger partial charge in [0.15, 0.2) is 12.0 Å². The number of hydrogen-bond donors (Lipinski definition) is 2. The lowest BCUT2D eigenvalue weighted by Crippen LogP contribution is -2.44. The van der Waals surface area contributed by atoms with Crippen molar-refractivity contribution in [2.24, 2.45) is 0 Å². The highest BCUT2D eigenvalue weighted by molar-refractivity contribution is 5.86. The summed E-state index contributed by atoms with van der Waals surface area (Å²) in [6, 6.07) is 1.82. The number of nitrogens with two attached hydrogens (primary N) is 1. The molecule has 25 heavy (non-hydrogen) atoms. The molecule has 0 bridgehead atoms. The van der Waals surface area contributed by atoms with E-state index in [2.05, 4.69) is 21.8 Å². The molecule has 0 saturated carbocycles. The molecule has 4 heterocycles. The molecular weight excluding hydrogens is 324 g/mol. The minimum Gasteiger partial charge on any atom is -0.394 e. The van der Waals surface area contributed by atoms with Crippen LogP contribution in [-0.4, -0.2) is 49.8 Å². The van der Waals surface area contributed by atoms with E-state index in [4.69, 9.17) is 19.9 Å². The number of fused-ring (bicyclic) bond motifs is 2. The molecule has 0 radical (unpaired) electrons. The van der Waals surface area contributed by atoms with E-state index in [-0.39, 0.29) is 6.61 Å². The zero-order chi connectivity index (χ0) is 17.8. The number of rotatable bonds is 2. The quantitative estimate of drug-likeness (QED) is 0.777. The SMILES string of the molecule is CC#C[C@@]12OC(C)(C)O[C@@H]1[C@@H](CO)OC2n1ccc2c(N)ncnc21. The minimum absolute atomic E-state index is 0.204. The maximum atomic E-state index is 9.78. The molecule has 2 aromatic rings. The fraction of sp³-hybridized carbons (Fsp3) is 0.529. The molecule has 0 aliphatic carbocycles. The van der Waals surface area contributed by atoms with Gasteiger partial charge < -0.3 is 29.6 Å². The van der Waals surface area contributed by atoms with E-state index < -0.39 is 29.8 Å². The highest BCUT2D eigenvalue weighted by Crippen LogP contribution is 2.51. The van der Waals surface area contributed by atoms with E-state index in [0.717, 1.165) is 0 Å². The summed E-state index contributed by atoms with van der Waals surface area (Å²) in [4.78, 5) is 8.33. The summed E-state index contributed by atoms with van der Waals surface area (Å²) in [6.07, 6.45) is 1.48. The summed E-state index contributed by atoms with van der Waals surface area (Å²) in [5.41, 5.74) is 5.49. The minimum atomic E-state index is -1.06. The second-order valence-electron chi connectivity index (χ2n) is 6.64. The number of aliphatic hydroxyl groups is 1. The van der Waals surface area contributed by atoms with Crippen LogP contribution in [0.4, 0.5) is 5.82 Å². The fourth-order valence-electron chi connectivity index (χ4n) is 3.71. The van der Waals surface area contributed by atoms with E-state index in [1.807, 2.05) is 30.7 Å². The van der Waals surface area contributed by atoms with Crippen molar-refractivity contribution in [3.8, 4) is 11.8 Å². The van der Waals surface area contributed by atoms with E-state index >= 15 is 0 Å². The molecule has 1 unspecified atom stereocenters. The number of aromatic nitrogens is 3. The molecule has 8 heteroatoms. The van der Waals surface area contributed by atoms with Crippen LogP contribution >= 0.6 is 0 Å². The number of hydrogen-bond acceptors (Lipinski definition) is 7. The third-order valence-corrected chi connectivity index (χ3v) is 4.55. The van der Waals surface area contributed by atoms with E-state index in [0.29, 0.717) is 16.9 Å². The molecule has 0 spiro atoms. The van der Waals surface area contributed by atoms with Crippen molar-refractivity contribution >= 4 is 16.9 Å². The Bertz CT molecular complexity index is 884. The van der Waals surface area contributed by atoms with Crippen LogP contribution in [0.15, 0.2) is 18.6 Å². The fourth-order valence-corrected chi connectivity index (χ4v) is 3.71. The molecule has 2 aliphatic rings. The molecule has 2 fully saturated rings. The Morgan fingerprint density at radius 1 is 1.40 bits per heavy atom. The lowest BCUT2D eigenvalue weighted by atomic mass is 9.94. The predicted molar refractivity (Wildman–Crippen MR) is 89.2 cm³/mol. The topological polar surface area (TPSA) is 105 Å². The molecule has 2 aromatic heterocycles. The lowest BCUT2D eigenvalue weighted by Gasteiger charge is -2.29. The second kappa shape index (κ2) is 5.41. The van der Waals surface area contributed by atoms with Crippen LogP contribution in [-0.2, 0) is 14.2 Å². The van der Waals surface area contributed by atoms with Crippen molar-refractivity contribution in [3.63, 3.8) is 0 Å². The number of nitrogens with zero attached hydrogens (tertiary/aromatic N) is 3. The largest absolute Gasteiger partial charge is 0.394 e. The molecule has 0 amide bonds. The van der Waals surface area contributed by atoms with Gasteiger partial charge >= 0.3 is 0 Å². The molecule has 2 saturated heterocycles. The maximum Gasteiger partial charge on any atom is 0.205 e. The van der Waals surface area contributed by atoms with Crippen LogP contribution in [0.25, 0.3) is 11.0 Å². The Balaban J connectivity index is 1.90. The molecule has 3 N–H and O–H groups in total. The van der Waals surface area contributed by atoms with Crippen LogP contribution in [0.5, 0.6) is 0 Å². The van der Waals surface area contributed by atoms with E-state index in [1.165, 1.54) is 6.33 Å². The number of ether oxygens (including phenoxy) is 3. The predicted octanol–water partition coefficient (Wildman–Crippen LogP) is 0.817. The van der Waals surface area contributed by atoms with Crippen LogP contribution in [0, 0.1) is 11.8 Å². The average Bonchev–Trinajstić information content (AvgIpc) is 3.16. The first-order valence-corrected chi connectivity index (χ1v) is 8.07. The van der Waals surface area contributed by atoms with Crippen molar-refractivity contribution in [1.29, 1.82) is 0 Å². The standard InChI is InChI=1S/C17H20N4O4/c1-4-6-17-12(24-16(2,3)25-17)11(8-22)23-15(17)21-7-5-10-13(18)19-9-20-14(10)21/h5,7,9,11-12,15,22H,8H2,1-3H3,(H2,18,19,20)/t11-,12-,15?,17-/m1/s1. The zero-order valence-electron chi connectivity index (χ0n) is 14.3. The Labute approximate surface area is 144 Å². The summed E-state index contributed by atoms with van der Waals surface area (Å²) in [5, 5.41) is 10.5. The first-order chi connectivity index (χ1) is 11.9. The van der Waals surface area contributed by atoms with Gasteiger partial charge in [-0.3, -0.25) is 0 Å². The van der Waals surface area contributed by atoms with Gasteiger partial charge in [0.25, 0.3) is 0 Å². The summed E-state index contributed by atoms with van der Waals surface area (Å²) in [7, 11) is 0. The average molecular weight is 344 g/mol. The smallest absolute Gasteiger partial charge is 0.205 e. The first kappa shape index (κ1) is 16.3. The number of aliphatic hydroxyl groups excluding tert-OH is 1. The summed E-state index contributed by atoms with van der Waals surface area (Å²) in [6.45, 7) is 5.18. The number of anilines is 1.